The van der Waals surface area contributed by atoms with Gasteiger partial charge in [-0.1, -0.05) is 41.5 Å². The van der Waals surface area contributed by atoms with Crippen LogP contribution in [0.3, 0.4) is 0 Å². The number of hydrogen-bond donors (Lipinski definition) is 2. The number of aromatic nitrogens is 3. The molecule has 1 aliphatic heterocycles. The van der Waals surface area contributed by atoms with Gasteiger partial charge >= 0.3 is 0 Å². The largest absolute Gasteiger partial charge is 0.507 e. The Morgan fingerprint density at radius 3 is 2.40 bits per heavy atom. The Labute approximate surface area is 208 Å². The number of rotatable bonds is 4. The highest BCUT2D eigenvalue weighted by atomic mass is 16.3. The van der Waals surface area contributed by atoms with Crippen molar-refractivity contribution in [3.63, 3.8) is 0 Å². The van der Waals surface area contributed by atoms with Crippen molar-refractivity contribution in [3.05, 3.63) is 41.8 Å². The van der Waals surface area contributed by atoms with Gasteiger partial charge in [0.25, 0.3) is 0 Å². The lowest BCUT2D eigenvalue weighted by Gasteiger charge is -2.19. The van der Waals surface area contributed by atoms with E-state index in [0.29, 0.717) is 45.9 Å². The van der Waals surface area contributed by atoms with Gasteiger partial charge in [0, 0.05) is 43.2 Å². The summed E-state index contributed by atoms with van der Waals surface area (Å²) in [6.45, 7) is 18.0. The minimum atomic E-state index is 0.179. The zero-order valence-corrected chi connectivity index (χ0v) is 22.3. The molecule has 0 aliphatic carbocycles. The van der Waals surface area contributed by atoms with Crippen molar-refractivity contribution in [2.24, 2.45) is 0 Å². The van der Waals surface area contributed by atoms with E-state index in [-0.39, 0.29) is 5.75 Å². The Kier molecular flexibility index (Phi) is 8.67. The minimum Gasteiger partial charge on any atom is -0.507 e. The van der Waals surface area contributed by atoms with E-state index in [9.17, 15) is 5.11 Å². The van der Waals surface area contributed by atoms with Crippen LogP contribution in [0.1, 0.15) is 59.4 Å². The van der Waals surface area contributed by atoms with E-state index in [2.05, 4.69) is 29.0 Å². The highest BCUT2D eigenvalue weighted by Crippen LogP contribution is 2.37. The Balaban J connectivity index is 0.000000815. The van der Waals surface area contributed by atoms with E-state index >= 15 is 0 Å². The van der Waals surface area contributed by atoms with E-state index < -0.39 is 0 Å². The molecule has 3 aromatic heterocycles. The summed E-state index contributed by atoms with van der Waals surface area (Å²) >= 11 is 0. The molecule has 35 heavy (non-hydrogen) atoms. The number of hydrogen-bond acceptors (Lipinski definition) is 7. The van der Waals surface area contributed by atoms with Crippen LogP contribution in [0.5, 0.6) is 5.75 Å². The maximum Gasteiger partial charge on any atom is 0.192 e. The van der Waals surface area contributed by atoms with Gasteiger partial charge in [0.1, 0.15) is 17.1 Å². The van der Waals surface area contributed by atoms with Crippen LogP contribution in [0.15, 0.2) is 34.7 Å². The first-order chi connectivity index (χ1) is 16.9. The van der Waals surface area contributed by atoms with Gasteiger partial charge in [0.05, 0.1) is 16.7 Å². The number of phenols is 1. The molecule has 1 aliphatic rings. The first kappa shape index (κ1) is 26.4. The van der Waals surface area contributed by atoms with Crippen LogP contribution in [0, 0.1) is 13.8 Å². The van der Waals surface area contributed by atoms with Crippen molar-refractivity contribution in [1.29, 1.82) is 0 Å². The van der Waals surface area contributed by atoms with Gasteiger partial charge in [-0.2, -0.15) is 0 Å². The summed E-state index contributed by atoms with van der Waals surface area (Å²) in [4.78, 5) is 16.3. The number of pyridine rings is 2. The first-order valence-electron chi connectivity index (χ1n) is 12.8. The highest BCUT2D eigenvalue weighted by Gasteiger charge is 2.24. The van der Waals surface area contributed by atoms with E-state index in [1.807, 2.05) is 58.9 Å². The molecule has 2 N–H and O–H groups in total. The van der Waals surface area contributed by atoms with Crippen molar-refractivity contribution in [1.82, 2.24) is 20.3 Å². The Hall–Kier alpha value is -3.19. The second-order valence-electron chi connectivity index (χ2n) is 8.63. The van der Waals surface area contributed by atoms with Crippen molar-refractivity contribution in [2.75, 3.05) is 18.0 Å². The predicted octanol–water partition coefficient (Wildman–Crippen LogP) is 6.39. The fourth-order valence-corrected chi connectivity index (χ4v) is 4.42. The predicted molar refractivity (Wildman–Crippen MR) is 145 cm³/mol. The molecule has 0 radical (unpaired) electrons. The molecular formula is C28H39N5O2. The van der Waals surface area contributed by atoms with Gasteiger partial charge in [-0.3, -0.25) is 0 Å². The standard InChI is InChI=1S/C24H27N5O2.2C2H6/c1-13(2)25-16-9-10-29(12-16)22-8-7-19-20(28-22)6-5-18(27-19)17-11-21-23(14(3)24(17)30)26-15(4)31-21;2*1-2/h5-8,11,13,16,25,30H,9-10,12H2,1-4H3;2*1-2H3. The smallest absolute Gasteiger partial charge is 0.192 e. The summed E-state index contributed by atoms with van der Waals surface area (Å²) < 4.78 is 5.69. The Bertz CT molecular complexity index is 1280. The number of benzene rings is 1. The van der Waals surface area contributed by atoms with Crippen molar-refractivity contribution < 1.29 is 9.52 Å². The van der Waals surface area contributed by atoms with E-state index in [4.69, 9.17) is 14.4 Å². The first-order valence-corrected chi connectivity index (χ1v) is 12.8. The fourth-order valence-electron chi connectivity index (χ4n) is 4.42. The third kappa shape index (κ3) is 5.56. The molecule has 0 amide bonds. The normalized spacial score (nSPS) is 15.2. The lowest BCUT2D eigenvalue weighted by Crippen LogP contribution is -2.37. The van der Waals surface area contributed by atoms with Gasteiger partial charge < -0.3 is 19.7 Å². The quantitative estimate of drug-likeness (QED) is 0.352. The number of aryl methyl sites for hydroxylation is 2. The summed E-state index contributed by atoms with van der Waals surface area (Å²) in [6.07, 6.45) is 1.12. The third-order valence-electron chi connectivity index (χ3n) is 5.89. The number of oxazole rings is 1. The average Bonchev–Trinajstić information content (AvgIpc) is 3.49. The SMILES string of the molecule is CC.CC.Cc1nc2c(C)c(O)c(-c3ccc4nc(N5CCC(NC(C)C)C5)ccc4n3)cc2o1. The molecule has 1 saturated heterocycles. The highest BCUT2D eigenvalue weighted by molar-refractivity contribution is 5.89. The van der Waals surface area contributed by atoms with Gasteiger partial charge in [-0.05, 0) is 43.7 Å². The van der Waals surface area contributed by atoms with Gasteiger partial charge in [-0.15, -0.1) is 0 Å². The molecule has 1 fully saturated rings. The number of nitrogens with one attached hydrogen (secondary N) is 1. The van der Waals surface area contributed by atoms with Crippen LogP contribution in [0.25, 0.3) is 33.4 Å². The van der Waals surface area contributed by atoms with Crippen LogP contribution in [0.2, 0.25) is 0 Å². The molecule has 1 atom stereocenters. The molecule has 0 saturated carbocycles. The lowest BCUT2D eigenvalue weighted by atomic mass is 10.0. The Morgan fingerprint density at radius 2 is 1.69 bits per heavy atom. The summed E-state index contributed by atoms with van der Waals surface area (Å²) in [5, 5.41) is 14.4. The van der Waals surface area contributed by atoms with Crippen LogP contribution < -0.4 is 10.2 Å². The van der Waals surface area contributed by atoms with Gasteiger partial charge in [-0.25, -0.2) is 15.0 Å². The molecule has 0 spiro atoms. The fraction of sp³-hybridized carbons (Fsp3) is 0.464. The number of nitrogens with zero attached hydrogens (tertiary/aromatic N) is 4. The van der Waals surface area contributed by atoms with Crippen LogP contribution in [-0.2, 0) is 0 Å². The molecule has 5 rings (SSSR count). The molecule has 4 heterocycles. The molecule has 1 unspecified atom stereocenters. The van der Waals surface area contributed by atoms with Crippen molar-refractivity contribution in [2.45, 2.75) is 73.9 Å². The van der Waals surface area contributed by atoms with Crippen molar-refractivity contribution in [3.8, 4) is 17.0 Å². The lowest BCUT2D eigenvalue weighted by molar-refractivity contribution is 0.473. The zero-order valence-electron chi connectivity index (χ0n) is 22.3. The molecule has 0 bridgehead atoms. The van der Waals surface area contributed by atoms with Crippen molar-refractivity contribution >= 4 is 28.0 Å². The third-order valence-corrected chi connectivity index (χ3v) is 5.89. The minimum absolute atomic E-state index is 0.179. The maximum atomic E-state index is 10.8. The topological polar surface area (TPSA) is 87.3 Å². The van der Waals surface area contributed by atoms with Crippen LogP contribution >= 0.6 is 0 Å². The summed E-state index contributed by atoms with van der Waals surface area (Å²) in [6, 6.07) is 10.7. The number of anilines is 1. The molecule has 7 nitrogen and oxygen atoms in total. The number of aromatic hydroxyl groups is 1. The summed E-state index contributed by atoms with van der Waals surface area (Å²) in [7, 11) is 0. The van der Waals surface area contributed by atoms with E-state index in [0.717, 1.165) is 36.4 Å². The van der Waals surface area contributed by atoms with Gasteiger partial charge in [0.2, 0.25) is 0 Å². The molecule has 188 valence electrons. The molecule has 1 aromatic carbocycles. The summed E-state index contributed by atoms with van der Waals surface area (Å²) in [5.41, 5.74) is 4.98. The average molecular weight is 478 g/mol. The zero-order chi connectivity index (χ0) is 25.7. The second-order valence-corrected chi connectivity index (χ2v) is 8.63. The molecular weight excluding hydrogens is 438 g/mol. The van der Waals surface area contributed by atoms with Crippen LogP contribution in [-0.4, -0.2) is 45.2 Å². The molecule has 4 aromatic rings. The number of fused-ring (bicyclic) bond motifs is 2. The molecule has 7 heteroatoms. The van der Waals surface area contributed by atoms with E-state index in [1.54, 1.807) is 13.0 Å². The van der Waals surface area contributed by atoms with Crippen LogP contribution in [0.4, 0.5) is 5.82 Å². The monoisotopic (exact) mass is 477 g/mol. The van der Waals surface area contributed by atoms with E-state index in [1.165, 1.54) is 0 Å². The number of phenolic OH excluding ortho intramolecular Hbond substituents is 1. The summed E-state index contributed by atoms with van der Waals surface area (Å²) in [5.74, 6) is 1.73. The maximum absolute atomic E-state index is 10.8. The van der Waals surface area contributed by atoms with Gasteiger partial charge in [0.15, 0.2) is 11.5 Å². The second kappa shape index (κ2) is 11.5. The Morgan fingerprint density at radius 1 is 1.00 bits per heavy atom.